The van der Waals surface area contributed by atoms with Gasteiger partial charge in [0.2, 0.25) is 11.8 Å². The Morgan fingerprint density at radius 2 is 2.12 bits per heavy atom. The average Bonchev–Trinajstić information content (AvgIpc) is 3.20. The number of nitrogens with zero attached hydrogens (tertiary/aromatic N) is 3. The third-order valence-electron chi connectivity index (χ3n) is 4.38. The minimum atomic E-state index is -0.00466. The molecule has 2 heterocycles. The first-order chi connectivity index (χ1) is 12.6. The van der Waals surface area contributed by atoms with Crippen molar-refractivity contribution in [3.63, 3.8) is 0 Å². The van der Waals surface area contributed by atoms with E-state index >= 15 is 0 Å². The number of hydrogen-bond donors (Lipinski definition) is 2. The molecule has 0 saturated heterocycles. The summed E-state index contributed by atoms with van der Waals surface area (Å²) in [6, 6.07) is 8.02. The number of aryl methyl sites for hydroxylation is 2. The molecule has 1 amide bonds. The molecule has 0 saturated carbocycles. The zero-order valence-electron chi connectivity index (χ0n) is 15.5. The molecule has 1 aliphatic rings. The summed E-state index contributed by atoms with van der Waals surface area (Å²) in [7, 11) is 0. The van der Waals surface area contributed by atoms with Gasteiger partial charge in [-0.25, -0.2) is 9.98 Å². The van der Waals surface area contributed by atoms with E-state index in [4.69, 9.17) is 4.42 Å². The van der Waals surface area contributed by atoms with Crippen molar-refractivity contribution < 1.29 is 9.21 Å². The predicted molar refractivity (Wildman–Crippen MR) is 101 cm³/mol. The Balaban J connectivity index is 1.61. The molecule has 7 nitrogen and oxygen atoms in total. The average molecular weight is 355 g/mol. The van der Waals surface area contributed by atoms with E-state index in [9.17, 15) is 4.79 Å². The van der Waals surface area contributed by atoms with Crippen molar-refractivity contribution in [1.29, 1.82) is 0 Å². The third kappa shape index (κ3) is 4.04. The van der Waals surface area contributed by atoms with Crippen LogP contribution in [0.5, 0.6) is 0 Å². The van der Waals surface area contributed by atoms with Crippen LogP contribution in [0, 0.1) is 13.8 Å². The molecular formula is C19H25N5O2. The van der Waals surface area contributed by atoms with Crippen LogP contribution in [0.3, 0.4) is 0 Å². The summed E-state index contributed by atoms with van der Waals surface area (Å²) in [6.45, 7) is 7.71. The fourth-order valence-corrected chi connectivity index (χ4v) is 2.95. The third-order valence-corrected chi connectivity index (χ3v) is 4.38. The fraction of sp³-hybridized carbons (Fsp3) is 0.421. The van der Waals surface area contributed by atoms with Crippen LogP contribution in [0.25, 0.3) is 0 Å². The van der Waals surface area contributed by atoms with Crippen LogP contribution >= 0.6 is 0 Å². The molecule has 1 aliphatic heterocycles. The van der Waals surface area contributed by atoms with E-state index in [0.29, 0.717) is 31.5 Å². The van der Waals surface area contributed by atoms with Crippen LogP contribution in [-0.4, -0.2) is 36.5 Å². The molecule has 0 atom stereocenters. The highest BCUT2D eigenvalue weighted by Gasteiger charge is 2.23. The number of rotatable bonds is 5. The molecule has 1 aromatic heterocycles. The lowest BCUT2D eigenvalue weighted by molar-refractivity contribution is -0.117. The molecule has 7 heteroatoms. The lowest BCUT2D eigenvalue weighted by atomic mass is 10.2. The number of fused-ring (bicyclic) bond motifs is 1. The molecule has 2 aromatic rings. The Labute approximate surface area is 153 Å². The maximum absolute atomic E-state index is 12.6. The van der Waals surface area contributed by atoms with Crippen molar-refractivity contribution in [3.05, 3.63) is 47.2 Å². The van der Waals surface area contributed by atoms with Crippen molar-refractivity contribution in [2.75, 3.05) is 24.5 Å². The van der Waals surface area contributed by atoms with E-state index in [0.717, 1.165) is 23.6 Å². The molecule has 2 N–H and O–H groups in total. The number of benzene rings is 1. The van der Waals surface area contributed by atoms with E-state index in [1.807, 2.05) is 43.9 Å². The lowest BCUT2D eigenvalue weighted by Gasteiger charge is -2.16. The van der Waals surface area contributed by atoms with E-state index in [1.54, 1.807) is 0 Å². The molecule has 0 spiro atoms. The second kappa shape index (κ2) is 8.03. The molecule has 0 radical (unpaired) electrons. The monoisotopic (exact) mass is 355 g/mol. The topological polar surface area (TPSA) is 82.8 Å². The normalized spacial score (nSPS) is 13.7. The molecule has 0 fully saturated rings. The fourth-order valence-electron chi connectivity index (χ4n) is 2.95. The van der Waals surface area contributed by atoms with Gasteiger partial charge in [0.25, 0.3) is 0 Å². The number of carbonyl (C=O) groups excluding carboxylic acids is 1. The first-order valence-electron chi connectivity index (χ1n) is 8.92. The molecular weight excluding hydrogens is 330 g/mol. The van der Waals surface area contributed by atoms with Gasteiger partial charge < -0.3 is 20.0 Å². The van der Waals surface area contributed by atoms with Crippen molar-refractivity contribution in [2.24, 2.45) is 4.99 Å². The highest BCUT2D eigenvalue weighted by Crippen LogP contribution is 2.27. The molecule has 0 aliphatic carbocycles. The minimum Gasteiger partial charge on any atom is -0.444 e. The van der Waals surface area contributed by atoms with Crippen LogP contribution in [0.1, 0.15) is 29.8 Å². The number of para-hydroxylation sites is 1. The maximum Gasteiger partial charge on any atom is 0.248 e. The summed E-state index contributed by atoms with van der Waals surface area (Å²) < 4.78 is 5.56. The number of anilines is 1. The summed E-state index contributed by atoms with van der Waals surface area (Å²) in [6.07, 6.45) is 0.896. The van der Waals surface area contributed by atoms with Crippen LogP contribution < -0.4 is 15.5 Å². The number of guanidine groups is 1. The maximum atomic E-state index is 12.6. The number of oxazole rings is 1. The molecule has 26 heavy (non-hydrogen) atoms. The van der Waals surface area contributed by atoms with Gasteiger partial charge in [0, 0.05) is 18.8 Å². The molecule has 1 aromatic carbocycles. The van der Waals surface area contributed by atoms with Gasteiger partial charge in [0.15, 0.2) is 5.96 Å². The summed E-state index contributed by atoms with van der Waals surface area (Å²) in [5, 5.41) is 6.29. The van der Waals surface area contributed by atoms with Gasteiger partial charge >= 0.3 is 0 Å². The van der Waals surface area contributed by atoms with Gasteiger partial charge in [-0.05, 0) is 38.8 Å². The van der Waals surface area contributed by atoms with E-state index in [1.165, 1.54) is 5.56 Å². The zero-order valence-corrected chi connectivity index (χ0v) is 15.5. The SMILES string of the molecule is CCNC(=NCC(=O)N1CCc2ccccc21)NCc1nc(C)c(C)o1. The van der Waals surface area contributed by atoms with Gasteiger partial charge in [-0.15, -0.1) is 0 Å². The standard InChI is InChI=1S/C19H25N5O2/c1-4-20-19(21-11-17-23-13(2)14(3)26-17)22-12-18(25)24-10-9-15-7-5-6-8-16(15)24/h5-8H,4,9-12H2,1-3H3,(H2,20,21,22). The second-order valence-corrected chi connectivity index (χ2v) is 6.22. The number of nitrogens with one attached hydrogen (secondary N) is 2. The molecule has 3 rings (SSSR count). The van der Waals surface area contributed by atoms with Gasteiger partial charge in [-0.3, -0.25) is 4.79 Å². The van der Waals surface area contributed by atoms with E-state index in [2.05, 4.69) is 26.7 Å². The molecule has 0 bridgehead atoms. The first-order valence-corrected chi connectivity index (χ1v) is 8.92. The zero-order chi connectivity index (χ0) is 18.5. The second-order valence-electron chi connectivity index (χ2n) is 6.22. The van der Waals surface area contributed by atoms with Crippen molar-refractivity contribution >= 4 is 17.6 Å². The number of hydrogen-bond acceptors (Lipinski definition) is 4. The summed E-state index contributed by atoms with van der Waals surface area (Å²) in [5.41, 5.74) is 3.09. The van der Waals surface area contributed by atoms with E-state index in [-0.39, 0.29) is 12.5 Å². The molecule has 0 unspecified atom stereocenters. The van der Waals surface area contributed by atoms with Crippen LogP contribution in [0.4, 0.5) is 5.69 Å². The van der Waals surface area contributed by atoms with Gasteiger partial charge in [-0.2, -0.15) is 0 Å². The number of carbonyl (C=O) groups is 1. The Morgan fingerprint density at radius 1 is 1.31 bits per heavy atom. The largest absolute Gasteiger partial charge is 0.444 e. The number of amides is 1. The minimum absolute atomic E-state index is 0.00466. The predicted octanol–water partition coefficient (Wildman–Crippen LogP) is 1.94. The lowest BCUT2D eigenvalue weighted by Crippen LogP contribution is -2.38. The molecule has 138 valence electrons. The van der Waals surface area contributed by atoms with Crippen molar-refractivity contribution in [2.45, 2.75) is 33.7 Å². The van der Waals surface area contributed by atoms with Crippen LogP contribution in [0.2, 0.25) is 0 Å². The Bertz CT molecular complexity index is 793. The highest BCUT2D eigenvalue weighted by molar-refractivity contribution is 5.98. The Hall–Kier alpha value is -2.83. The Kier molecular flexibility index (Phi) is 5.55. The number of aliphatic imine (C=N–C) groups is 1. The number of aromatic nitrogens is 1. The van der Waals surface area contributed by atoms with Crippen LogP contribution in [0.15, 0.2) is 33.7 Å². The van der Waals surface area contributed by atoms with E-state index < -0.39 is 0 Å². The summed E-state index contributed by atoms with van der Waals surface area (Å²) >= 11 is 0. The van der Waals surface area contributed by atoms with Gasteiger partial charge in [0.1, 0.15) is 12.3 Å². The smallest absolute Gasteiger partial charge is 0.248 e. The van der Waals surface area contributed by atoms with Gasteiger partial charge in [-0.1, -0.05) is 18.2 Å². The first kappa shape index (κ1) is 18.0. The quantitative estimate of drug-likeness (QED) is 0.633. The highest BCUT2D eigenvalue weighted by atomic mass is 16.4. The van der Waals surface area contributed by atoms with Crippen LogP contribution in [-0.2, 0) is 17.8 Å². The van der Waals surface area contributed by atoms with Crippen molar-refractivity contribution in [1.82, 2.24) is 15.6 Å². The van der Waals surface area contributed by atoms with Gasteiger partial charge in [0.05, 0.1) is 12.2 Å². The summed E-state index contributed by atoms with van der Waals surface area (Å²) in [4.78, 5) is 23.1. The Morgan fingerprint density at radius 3 is 2.85 bits per heavy atom. The van der Waals surface area contributed by atoms with Crippen molar-refractivity contribution in [3.8, 4) is 0 Å². The summed E-state index contributed by atoms with van der Waals surface area (Å²) in [5.74, 6) is 1.98.